The summed E-state index contributed by atoms with van der Waals surface area (Å²) in [5, 5.41) is 1.91. The first-order chi connectivity index (χ1) is 15.5. The molecule has 0 atom stereocenters. The first-order valence-electron chi connectivity index (χ1n) is 11.0. The van der Waals surface area contributed by atoms with Gasteiger partial charge in [0.25, 0.3) is 0 Å². The van der Waals surface area contributed by atoms with E-state index in [1.54, 1.807) is 6.26 Å². The number of hydrogen-bond donors (Lipinski definition) is 1. The molecule has 2 aromatic heterocycles. The Morgan fingerprint density at radius 2 is 1.81 bits per heavy atom. The van der Waals surface area contributed by atoms with Crippen molar-refractivity contribution in [1.82, 2.24) is 19.8 Å². The second kappa shape index (κ2) is 8.24. The summed E-state index contributed by atoms with van der Waals surface area (Å²) in [5.74, 6) is 1.37. The third kappa shape index (κ3) is 3.80. The first kappa shape index (κ1) is 20.5. The van der Waals surface area contributed by atoms with Crippen molar-refractivity contribution in [3.05, 3.63) is 65.2 Å². The van der Waals surface area contributed by atoms with Crippen LogP contribution >= 0.6 is 0 Å². The minimum Gasteiger partial charge on any atom is -0.464 e. The largest absolute Gasteiger partial charge is 0.464 e. The van der Waals surface area contributed by atoms with E-state index in [0.717, 1.165) is 51.9 Å². The number of rotatable bonds is 4. The van der Waals surface area contributed by atoms with Crippen molar-refractivity contribution in [2.75, 3.05) is 31.9 Å². The summed E-state index contributed by atoms with van der Waals surface area (Å²) in [6.45, 7) is 7.70. The number of nitrogens with two attached hydrogens (primary N) is 1. The Bertz CT molecular complexity index is 1300. The van der Waals surface area contributed by atoms with E-state index in [4.69, 9.17) is 10.2 Å². The molecule has 164 valence electrons. The number of aryl methyl sites for hydroxylation is 2. The minimum absolute atomic E-state index is 0.136. The second-order valence-electron chi connectivity index (χ2n) is 8.52. The fourth-order valence-corrected chi connectivity index (χ4v) is 4.38. The molecule has 0 saturated carbocycles. The van der Waals surface area contributed by atoms with Gasteiger partial charge in [0.1, 0.15) is 17.2 Å². The normalized spacial score (nSPS) is 15.0. The molecule has 0 spiro atoms. The number of para-hydroxylation sites is 1. The Morgan fingerprint density at radius 3 is 2.62 bits per heavy atom. The molecule has 0 radical (unpaired) electrons. The molecular weight excluding hydrogens is 402 g/mol. The van der Waals surface area contributed by atoms with Crippen LogP contribution in [0, 0.1) is 13.8 Å². The summed E-state index contributed by atoms with van der Waals surface area (Å²) in [7, 11) is 0. The zero-order chi connectivity index (χ0) is 22.2. The smallest absolute Gasteiger partial charge is 0.227 e. The van der Waals surface area contributed by atoms with Crippen molar-refractivity contribution in [2.45, 2.75) is 26.8 Å². The van der Waals surface area contributed by atoms with Crippen LogP contribution in [0.5, 0.6) is 0 Å². The number of anilines is 1. The van der Waals surface area contributed by atoms with Gasteiger partial charge in [0.15, 0.2) is 0 Å². The number of nitrogen functional groups attached to an aromatic ring is 1. The molecule has 1 fully saturated rings. The standard InChI is InChI=1S/C25H27N5O2/c1-16-7-8-19-18(15-32-24(19)17(16)2)13-23(31)30-11-9-29(10-12-30)14-22-27-21-6-4-3-5-20(21)25(26)28-22/h3-8,15H,9-14H2,1-2H3,(H2,26,27,28). The van der Waals surface area contributed by atoms with E-state index in [-0.39, 0.29) is 5.91 Å². The van der Waals surface area contributed by atoms with Crippen LogP contribution in [0.25, 0.3) is 21.9 Å². The Kier molecular flexibility index (Phi) is 5.27. The van der Waals surface area contributed by atoms with Gasteiger partial charge in [-0.15, -0.1) is 0 Å². The molecule has 0 aliphatic carbocycles. The van der Waals surface area contributed by atoms with Gasteiger partial charge in [0.2, 0.25) is 5.91 Å². The van der Waals surface area contributed by atoms with Crippen LogP contribution in [-0.4, -0.2) is 51.9 Å². The fraction of sp³-hybridized carbons (Fsp3) is 0.320. The molecule has 7 heteroatoms. The van der Waals surface area contributed by atoms with Gasteiger partial charge in [-0.05, 0) is 37.1 Å². The van der Waals surface area contributed by atoms with E-state index in [2.05, 4.69) is 40.8 Å². The number of carbonyl (C=O) groups is 1. The fourth-order valence-electron chi connectivity index (χ4n) is 4.38. The summed E-state index contributed by atoms with van der Waals surface area (Å²) >= 11 is 0. The number of aromatic nitrogens is 2. The van der Waals surface area contributed by atoms with E-state index in [0.29, 0.717) is 31.9 Å². The maximum atomic E-state index is 12.9. The molecule has 0 unspecified atom stereocenters. The van der Waals surface area contributed by atoms with Crippen molar-refractivity contribution in [3.63, 3.8) is 0 Å². The average molecular weight is 430 g/mol. The monoisotopic (exact) mass is 429 g/mol. The van der Waals surface area contributed by atoms with E-state index < -0.39 is 0 Å². The van der Waals surface area contributed by atoms with Crippen LogP contribution in [0.2, 0.25) is 0 Å². The number of carbonyl (C=O) groups excluding carboxylic acids is 1. The highest BCUT2D eigenvalue weighted by Crippen LogP contribution is 2.27. The molecule has 1 aliphatic rings. The molecule has 5 rings (SSSR count). The second-order valence-corrected chi connectivity index (χ2v) is 8.52. The average Bonchev–Trinajstić information content (AvgIpc) is 3.20. The number of benzene rings is 2. The predicted octanol–water partition coefficient (Wildman–Crippen LogP) is 3.46. The summed E-state index contributed by atoms with van der Waals surface area (Å²) in [5.41, 5.74) is 11.1. The van der Waals surface area contributed by atoms with E-state index in [1.165, 1.54) is 5.56 Å². The lowest BCUT2D eigenvalue weighted by molar-refractivity contribution is -0.132. The molecule has 3 heterocycles. The van der Waals surface area contributed by atoms with Crippen LogP contribution in [-0.2, 0) is 17.8 Å². The molecule has 1 amide bonds. The van der Waals surface area contributed by atoms with Crippen LogP contribution in [0.4, 0.5) is 5.82 Å². The van der Waals surface area contributed by atoms with E-state index in [9.17, 15) is 4.79 Å². The Balaban J connectivity index is 1.21. The highest BCUT2D eigenvalue weighted by atomic mass is 16.3. The van der Waals surface area contributed by atoms with Crippen molar-refractivity contribution in [3.8, 4) is 0 Å². The topological polar surface area (TPSA) is 88.5 Å². The lowest BCUT2D eigenvalue weighted by Crippen LogP contribution is -2.48. The van der Waals surface area contributed by atoms with Crippen molar-refractivity contribution in [1.29, 1.82) is 0 Å². The van der Waals surface area contributed by atoms with Crippen molar-refractivity contribution < 1.29 is 9.21 Å². The zero-order valence-electron chi connectivity index (χ0n) is 18.5. The summed E-state index contributed by atoms with van der Waals surface area (Å²) in [4.78, 5) is 26.3. The zero-order valence-corrected chi connectivity index (χ0v) is 18.5. The lowest BCUT2D eigenvalue weighted by atomic mass is 10.0. The molecule has 2 aromatic carbocycles. The van der Waals surface area contributed by atoms with Crippen molar-refractivity contribution in [2.24, 2.45) is 0 Å². The third-order valence-electron chi connectivity index (χ3n) is 6.45. The van der Waals surface area contributed by atoms with E-state index in [1.807, 2.05) is 29.2 Å². The number of nitrogens with zero attached hydrogens (tertiary/aromatic N) is 4. The third-order valence-corrected chi connectivity index (χ3v) is 6.45. The summed E-state index contributed by atoms with van der Waals surface area (Å²) < 4.78 is 5.77. The van der Waals surface area contributed by atoms with Gasteiger partial charge in [0, 0.05) is 42.5 Å². The number of hydrogen-bond acceptors (Lipinski definition) is 6. The van der Waals surface area contributed by atoms with Crippen LogP contribution in [0.1, 0.15) is 22.5 Å². The predicted molar refractivity (Wildman–Crippen MR) is 125 cm³/mol. The quantitative estimate of drug-likeness (QED) is 0.534. The molecule has 1 saturated heterocycles. The summed E-state index contributed by atoms with van der Waals surface area (Å²) in [6, 6.07) is 11.9. The highest BCUT2D eigenvalue weighted by Gasteiger charge is 2.23. The molecule has 1 aliphatic heterocycles. The van der Waals surface area contributed by atoms with Gasteiger partial charge < -0.3 is 15.1 Å². The van der Waals surface area contributed by atoms with Gasteiger partial charge in [0.05, 0.1) is 24.7 Å². The molecule has 32 heavy (non-hydrogen) atoms. The first-order valence-corrected chi connectivity index (χ1v) is 11.0. The Labute approximate surface area is 186 Å². The maximum Gasteiger partial charge on any atom is 0.227 e. The number of amides is 1. The van der Waals surface area contributed by atoms with E-state index >= 15 is 0 Å². The Hall–Kier alpha value is -3.45. The molecule has 2 N–H and O–H groups in total. The Morgan fingerprint density at radius 1 is 1.03 bits per heavy atom. The van der Waals surface area contributed by atoms with Gasteiger partial charge >= 0.3 is 0 Å². The van der Waals surface area contributed by atoms with Crippen LogP contribution in [0.15, 0.2) is 47.1 Å². The van der Waals surface area contributed by atoms with Crippen LogP contribution in [0.3, 0.4) is 0 Å². The molecule has 4 aromatic rings. The molecule has 7 nitrogen and oxygen atoms in total. The number of fused-ring (bicyclic) bond motifs is 2. The summed E-state index contributed by atoms with van der Waals surface area (Å²) in [6.07, 6.45) is 2.09. The number of furan rings is 1. The number of piperazine rings is 1. The van der Waals surface area contributed by atoms with Gasteiger partial charge in [-0.1, -0.05) is 24.3 Å². The minimum atomic E-state index is 0.136. The SMILES string of the molecule is Cc1ccc2c(CC(=O)N3CCN(Cc4nc(N)c5ccccc5n4)CC3)coc2c1C. The maximum absolute atomic E-state index is 12.9. The molecular formula is C25H27N5O2. The van der Waals surface area contributed by atoms with Crippen LogP contribution < -0.4 is 5.73 Å². The lowest BCUT2D eigenvalue weighted by Gasteiger charge is -2.34. The van der Waals surface area contributed by atoms with Crippen molar-refractivity contribution >= 4 is 33.6 Å². The van der Waals surface area contributed by atoms with Gasteiger partial charge in [-0.3, -0.25) is 9.69 Å². The highest BCUT2D eigenvalue weighted by molar-refractivity contribution is 5.90. The molecule has 0 bridgehead atoms. The van der Waals surface area contributed by atoms with Gasteiger partial charge in [-0.25, -0.2) is 9.97 Å². The van der Waals surface area contributed by atoms with Gasteiger partial charge in [-0.2, -0.15) is 0 Å².